The van der Waals surface area contributed by atoms with E-state index < -0.39 is 10.0 Å². The molecular weight excluding hydrogens is 260 g/mol. The maximum absolute atomic E-state index is 12.0. The second-order valence-corrected chi connectivity index (χ2v) is 6.85. The van der Waals surface area contributed by atoms with Crippen LogP contribution in [0, 0.1) is 11.3 Å². The van der Waals surface area contributed by atoms with Crippen LogP contribution in [0.1, 0.15) is 18.2 Å². The molecule has 1 aliphatic rings. The van der Waals surface area contributed by atoms with Gasteiger partial charge in [-0.05, 0) is 25.5 Å². The molecule has 2 unspecified atom stereocenters. The molecule has 5 nitrogen and oxygen atoms in total. The van der Waals surface area contributed by atoms with E-state index in [1.165, 1.54) is 12.1 Å². The first-order valence-corrected chi connectivity index (χ1v) is 7.47. The maximum atomic E-state index is 12.0. The van der Waals surface area contributed by atoms with E-state index in [1.807, 2.05) is 13.0 Å². The number of ether oxygens (including phenoxy) is 1. The molecule has 1 aromatic rings. The van der Waals surface area contributed by atoms with Crippen molar-refractivity contribution in [1.29, 1.82) is 5.26 Å². The van der Waals surface area contributed by atoms with Gasteiger partial charge in [0.25, 0.3) is 0 Å². The Bertz CT molecular complexity index is 544. The summed E-state index contributed by atoms with van der Waals surface area (Å²) in [6.07, 6.45) is 0.567. The summed E-state index contributed by atoms with van der Waals surface area (Å²) in [5.41, 5.74) is 0. The van der Waals surface area contributed by atoms with Crippen LogP contribution in [-0.2, 0) is 14.8 Å². The highest BCUT2D eigenvalue weighted by Gasteiger charge is 2.29. The zero-order valence-electron chi connectivity index (χ0n) is 9.21. The average molecular weight is 272 g/mol. The van der Waals surface area contributed by atoms with Crippen LogP contribution in [0.25, 0.3) is 0 Å². The topological polar surface area (TPSA) is 79.2 Å². The minimum absolute atomic E-state index is 0.111. The predicted molar refractivity (Wildman–Crippen MR) is 63.2 cm³/mol. The maximum Gasteiger partial charge on any atom is 0.250 e. The van der Waals surface area contributed by atoms with Crippen LogP contribution in [0.5, 0.6) is 0 Å². The van der Waals surface area contributed by atoms with Gasteiger partial charge in [-0.1, -0.05) is 0 Å². The van der Waals surface area contributed by atoms with E-state index in [9.17, 15) is 8.42 Å². The monoisotopic (exact) mass is 272 g/mol. The van der Waals surface area contributed by atoms with Crippen LogP contribution >= 0.6 is 11.3 Å². The zero-order chi connectivity index (χ0) is 12.5. The van der Waals surface area contributed by atoms with Crippen molar-refractivity contribution in [3.05, 3.63) is 17.0 Å². The molecule has 0 aliphatic carbocycles. The minimum Gasteiger partial charge on any atom is -0.377 e. The summed E-state index contributed by atoms with van der Waals surface area (Å²) in [6.45, 7) is 2.41. The van der Waals surface area contributed by atoms with Crippen LogP contribution in [0.15, 0.2) is 16.3 Å². The van der Waals surface area contributed by atoms with E-state index in [1.54, 1.807) is 0 Å². The first-order chi connectivity index (χ1) is 8.03. The van der Waals surface area contributed by atoms with Crippen molar-refractivity contribution in [2.75, 3.05) is 6.61 Å². The van der Waals surface area contributed by atoms with Gasteiger partial charge in [-0.25, -0.2) is 13.1 Å². The lowest BCUT2D eigenvalue weighted by atomic mass is 10.2. The molecule has 0 saturated carbocycles. The van der Waals surface area contributed by atoms with E-state index in [0.717, 1.165) is 11.3 Å². The van der Waals surface area contributed by atoms with Gasteiger partial charge in [-0.15, -0.1) is 11.3 Å². The number of rotatable bonds is 3. The molecule has 0 spiro atoms. The first kappa shape index (κ1) is 12.5. The molecule has 0 bridgehead atoms. The SMILES string of the molecule is CC1OCCC1NS(=O)(=O)c1ccc(C#N)s1. The number of hydrogen-bond acceptors (Lipinski definition) is 5. The summed E-state index contributed by atoms with van der Waals surface area (Å²) in [5, 5.41) is 8.67. The molecule has 0 radical (unpaired) electrons. The second-order valence-electron chi connectivity index (χ2n) is 3.82. The largest absolute Gasteiger partial charge is 0.377 e. The Kier molecular flexibility index (Phi) is 3.49. The molecule has 1 fully saturated rings. The molecule has 7 heteroatoms. The van der Waals surface area contributed by atoms with Gasteiger partial charge in [-0.2, -0.15) is 5.26 Å². The van der Waals surface area contributed by atoms with E-state index in [2.05, 4.69) is 4.72 Å². The molecule has 1 saturated heterocycles. The summed E-state index contributed by atoms with van der Waals surface area (Å²) < 4.78 is 32.1. The zero-order valence-corrected chi connectivity index (χ0v) is 10.8. The van der Waals surface area contributed by atoms with Gasteiger partial charge in [0.05, 0.1) is 12.1 Å². The van der Waals surface area contributed by atoms with Gasteiger partial charge in [0, 0.05) is 6.61 Å². The average Bonchev–Trinajstić information content (AvgIpc) is 2.88. The third-order valence-electron chi connectivity index (χ3n) is 2.64. The van der Waals surface area contributed by atoms with Crippen molar-refractivity contribution in [2.24, 2.45) is 0 Å². The number of thiophene rings is 1. The van der Waals surface area contributed by atoms with E-state index in [-0.39, 0.29) is 16.4 Å². The minimum atomic E-state index is -3.53. The highest BCUT2D eigenvalue weighted by Crippen LogP contribution is 2.22. The molecule has 0 amide bonds. The lowest BCUT2D eigenvalue weighted by molar-refractivity contribution is 0.117. The van der Waals surface area contributed by atoms with Gasteiger partial charge in [-0.3, -0.25) is 0 Å². The number of hydrogen-bond donors (Lipinski definition) is 1. The lowest BCUT2D eigenvalue weighted by Gasteiger charge is -2.15. The summed E-state index contributed by atoms with van der Waals surface area (Å²) in [7, 11) is -3.53. The van der Waals surface area contributed by atoms with E-state index >= 15 is 0 Å². The molecule has 17 heavy (non-hydrogen) atoms. The molecule has 1 aromatic heterocycles. The van der Waals surface area contributed by atoms with Crippen LogP contribution in [0.3, 0.4) is 0 Å². The molecule has 1 N–H and O–H groups in total. The molecule has 2 heterocycles. The van der Waals surface area contributed by atoms with Gasteiger partial charge in [0.15, 0.2) is 0 Å². The Hall–Kier alpha value is -0.940. The quantitative estimate of drug-likeness (QED) is 0.892. The summed E-state index contributed by atoms with van der Waals surface area (Å²) >= 11 is 0.972. The van der Waals surface area contributed by atoms with E-state index in [4.69, 9.17) is 10.00 Å². The molecule has 2 rings (SSSR count). The molecule has 2 atom stereocenters. The van der Waals surface area contributed by atoms with Gasteiger partial charge < -0.3 is 4.74 Å². The Morgan fingerprint density at radius 1 is 1.59 bits per heavy atom. The van der Waals surface area contributed by atoms with Crippen molar-refractivity contribution in [3.63, 3.8) is 0 Å². The van der Waals surface area contributed by atoms with Crippen molar-refractivity contribution in [3.8, 4) is 6.07 Å². The number of sulfonamides is 1. The standard InChI is InChI=1S/C10H12N2O3S2/c1-7-9(4-5-15-7)12-17(13,14)10-3-2-8(6-11)16-10/h2-3,7,9,12H,4-5H2,1H3. The number of nitrogens with one attached hydrogen (secondary N) is 1. The number of nitriles is 1. The van der Waals surface area contributed by atoms with E-state index in [0.29, 0.717) is 17.9 Å². The Balaban J connectivity index is 2.16. The van der Waals surface area contributed by atoms with Crippen LogP contribution < -0.4 is 4.72 Å². The van der Waals surface area contributed by atoms with Crippen molar-refractivity contribution < 1.29 is 13.2 Å². The normalized spacial score (nSPS) is 24.7. The molecular formula is C10H12N2O3S2. The Labute approximate surface area is 104 Å². The molecule has 0 aromatic carbocycles. The van der Waals surface area contributed by atoms with Crippen LogP contribution in [-0.4, -0.2) is 27.2 Å². The fourth-order valence-corrected chi connectivity index (χ4v) is 4.13. The Morgan fingerprint density at radius 2 is 2.35 bits per heavy atom. The smallest absolute Gasteiger partial charge is 0.250 e. The highest BCUT2D eigenvalue weighted by molar-refractivity contribution is 7.91. The fourth-order valence-electron chi connectivity index (χ4n) is 1.67. The lowest BCUT2D eigenvalue weighted by Crippen LogP contribution is -2.38. The third-order valence-corrected chi connectivity index (χ3v) is 5.61. The van der Waals surface area contributed by atoms with Crippen molar-refractivity contribution in [2.45, 2.75) is 29.7 Å². The summed E-state index contributed by atoms with van der Waals surface area (Å²) in [4.78, 5) is 0.390. The highest BCUT2D eigenvalue weighted by atomic mass is 32.2. The van der Waals surface area contributed by atoms with Crippen molar-refractivity contribution in [1.82, 2.24) is 4.72 Å². The first-order valence-electron chi connectivity index (χ1n) is 5.17. The van der Waals surface area contributed by atoms with Gasteiger partial charge >= 0.3 is 0 Å². The second kappa shape index (κ2) is 4.74. The fraction of sp³-hybridized carbons (Fsp3) is 0.500. The van der Waals surface area contributed by atoms with Crippen LogP contribution in [0.4, 0.5) is 0 Å². The molecule has 92 valence electrons. The third kappa shape index (κ3) is 2.66. The summed E-state index contributed by atoms with van der Waals surface area (Å²) in [6, 6.07) is 4.69. The van der Waals surface area contributed by atoms with Gasteiger partial charge in [0.1, 0.15) is 15.2 Å². The van der Waals surface area contributed by atoms with Crippen LogP contribution in [0.2, 0.25) is 0 Å². The predicted octanol–water partition coefficient (Wildman–Crippen LogP) is 1.08. The Morgan fingerprint density at radius 3 is 2.88 bits per heavy atom. The summed E-state index contributed by atoms with van der Waals surface area (Å²) in [5.74, 6) is 0. The number of nitrogens with zero attached hydrogens (tertiary/aromatic N) is 1. The van der Waals surface area contributed by atoms with Gasteiger partial charge in [0.2, 0.25) is 10.0 Å². The molecule has 1 aliphatic heterocycles. The van der Waals surface area contributed by atoms with Crippen molar-refractivity contribution >= 4 is 21.4 Å².